The zero-order valence-corrected chi connectivity index (χ0v) is 12.8. The van der Waals surface area contributed by atoms with Crippen LogP contribution in [-0.2, 0) is 27.4 Å². The third kappa shape index (κ3) is 3.34. The third-order valence-electron chi connectivity index (χ3n) is 2.45. The van der Waals surface area contributed by atoms with Crippen LogP contribution in [-0.4, -0.2) is 29.6 Å². The maximum Gasteiger partial charge on any atom is 1.00 e. The molecule has 1 aromatic rings. The first-order valence-electron chi connectivity index (χ1n) is 4.98. The van der Waals surface area contributed by atoms with Crippen molar-refractivity contribution < 1.29 is 58.9 Å². The molecule has 0 saturated carbocycles. The van der Waals surface area contributed by atoms with Crippen molar-refractivity contribution in [2.45, 2.75) is 13.0 Å². The second-order valence-corrected chi connectivity index (χ2v) is 4.66. The smallest absolute Gasteiger partial charge is 0.540 e. The molecule has 2 heterocycles. The zero-order chi connectivity index (χ0) is 13.3. The Morgan fingerprint density at radius 3 is 2.63 bits per heavy atom. The molecule has 0 unspecified atom stereocenters. The Balaban J connectivity index is 0.00000180. The summed E-state index contributed by atoms with van der Waals surface area (Å²) in [6.07, 6.45) is 0.425. The average Bonchev–Trinajstić information content (AvgIpc) is 2.66. The van der Waals surface area contributed by atoms with Gasteiger partial charge in [0.05, 0.1) is 18.8 Å². The van der Waals surface area contributed by atoms with E-state index in [-0.39, 0.29) is 46.7 Å². The molecular formula is C10H8NNaO6S. The minimum absolute atomic E-state index is 0. The number of nitrogens with one attached hydrogen (secondary N) is 1. The summed E-state index contributed by atoms with van der Waals surface area (Å²) in [5.41, 5.74) is 0.528. The number of hydrogen-bond acceptors (Lipinski definition) is 6. The van der Waals surface area contributed by atoms with E-state index in [0.717, 1.165) is 11.3 Å². The molecule has 2 rings (SSSR count). The van der Waals surface area contributed by atoms with Gasteiger partial charge in [-0.25, -0.2) is 4.79 Å². The number of aliphatic carboxylic acids is 1. The van der Waals surface area contributed by atoms with Crippen LogP contribution in [0.15, 0.2) is 0 Å². The molecule has 0 spiro atoms. The number of carbonyl (C=O) groups is 3. The number of thiophene rings is 1. The molecule has 0 fully saturated rings. The Kier molecular flexibility index (Phi) is 5.50. The van der Waals surface area contributed by atoms with Crippen LogP contribution >= 0.6 is 11.3 Å². The molecule has 0 bridgehead atoms. The summed E-state index contributed by atoms with van der Waals surface area (Å²) in [4.78, 5) is 33.2. The van der Waals surface area contributed by atoms with Gasteiger partial charge in [-0.1, -0.05) is 0 Å². The van der Waals surface area contributed by atoms with E-state index in [4.69, 9.17) is 9.84 Å². The van der Waals surface area contributed by atoms with E-state index >= 15 is 0 Å². The van der Waals surface area contributed by atoms with E-state index in [1.54, 1.807) is 0 Å². The van der Waals surface area contributed by atoms with Crippen molar-refractivity contribution >= 4 is 34.2 Å². The number of carboxylic acids is 2. The van der Waals surface area contributed by atoms with E-state index in [1.807, 2.05) is 5.32 Å². The molecule has 2 N–H and O–H groups in total. The van der Waals surface area contributed by atoms with Gasteiger partial charge in [-0.05, 0) is 12.0 Å². The molecular weight excluding hydrogens is 285 g/mol. The van der Waals surface area contributed by atoms with Gasteiger partial charge in [0.1, 0.15) is 11.0 Å². The van der Waals surface area contributed by atoms with Gasteiger partial charge in [0.2, 0.25) is 0 Å². The zero-order valence-electron chi connectivity index (χ0n) is 10.0. The van der Waals surface area contributed by atoms with Crippen molar-refractivity contribution in [1.29, 1.82) is 0 Å². The number of fused-ring (bicyclic) bond motifs is 1. The molecule has 1 aromatic heterocycles. The molecule has 0 atom stereocenters. The van der Waals surface area contributed by atoms with Gasteiger partial charge in [-0.2, -0.15) is 0 Å². The number of carbonyl (C=O) groups excluding carboxylic acids is 2. The number of aromatic carboxylic acids is 1. The number of ether oxygens (including phenoxy) is 1. The molecule has 0 saturated heterocycles. The first-order chi connectivity index (χ1) is 8.50. The molecule has 7 nitrogen and oxygen atoms in total. The molecule has 1 aliphatic rings. The fourth-order valence-electron chi connectivity index (χ4n) is 1.70. The SMILES string of the molecule is O=C([O-])C(=O)Nc1sc2c(c1C(=O)O)CCOC2.[Na+]. The Bertz CT molecular complexity index is 540. The van der Waals surface area contributed by atoms with Crippen LogP contribution in [0.4, 0.5) is 5.00 Å². The first kappa shape index (κ1) is 16.1. The number of rotatable bonds is 2. The predicted molar refractivity (Wildman–Crippen MR) is 58.3 cm³/mol. The van der Waals surface area contributed by atoms with Crippen molar-refractivity contribution in [1.82, 2.24) is 0 Å². The maximum atomic E-state index is 11.2. The Hall–Kier alpha value is -0.930. The van der Waals surface area contributed by atoms with E-state index in [0.29, 0.717) is 23.5 Å². The summed E-state index contributed by atoms with van der Waals surface area (Å²) < 4.78 is 5.17. The van der Waals surface area contributed by atoms with Crippen molar-refractivity contribution in [3.63, 3.8) is 0 Å². The summed E-state index contributed by atoms with van der Waals surface area (Å²) in [6, 6.07) is 0. The monoisotopic (exact) mass is 293 g/mol. The number of hydrogen-bond donors (Lipinski definition) is 2. The summed E-state index contributed by atoms with van der Waals surface area (Å²) in [5, 5.41) is 21.5. The van der Waals surface area contributed by atoms with Crippen LogP contribution < -0.4 is 40.0 Å². The summed E-state index contributed by atoms with van der Waals surface area (Å²) >= 11 is 1.01. The largest absolute Gasteiger partial charge is 1.00 e. The molecule has 96 valence electrons. The average molecular weight is 293 g/mol. The number of carboxylic acid groups (broad SMARTS) is 2. The van der Waals surface area contributed by atoms with Crippen LogP contribution in [0.5, 0.6) is 0 Å². The van der Waals surface area contributed by atoms with E-state index in [9.17, 15) is 19.5 Å². The second kappa shape index (κ2) is 6.49. The van der Waals surface area contributed by atoms with Crippen LogP contribution in [0, 0.1) is 0 Å². The van der Waals surface area contributed by atoms with Crippen molar-refractivity contribution in [2.24, 2.45) is 0 Å². The minimum Gasteiger partial charge on any atom is -0.540 e. The van der Waals surface area contributed by atoms with E-state index < -0.39 is 17.8 Å². The van der Waals surface area contributed by atoms with Gasteiger partial charge in [0.15, 0.2) is 0 Å². The molecule has 19 heavy (non-hydrogen) atoms. The molecule has 0 aromatic carbocycles. The predicted octanol–water partition coefficient (Wildman–Crippen LogP) is -3.79. The van der Waals surface area contributed by atoms with Crippen LogP contribution in [0.2, 0.25) is 0 Å². The number of amides is 1. The van der Waals surface area contributed by atoms with Crippen LogP contribution in [0.1, 0.15) is 20.8 Å². The van der Waals surface area contributed by atoms with Gasteiger partial charge in [-0.3, -0.25) is 4.79 Å². The summed E-state index contributed by atoms with van der Waals surface area (Å²) in [6.45, 7) is 0.666. The van der Waals surface area contributed by atoms with Crippen molar-refractivity contribution in [3.8, 4) is 0 Å². The normalized spacial score (nSPS) is 13.1. The summed E-state index contributed by atoms with van der Waals surface area (Å²) in [5.74, 6) is -4.48. The minimum atomic E-state index is -1.91. The standard InChI is InChI=1S/C10H9NO6S.Na/c12-7(10(15)16)11-8-6(9(13)14)4-1-2-17-3-5(4)18-8;/h1-3H2,(H,11,12)(H,13,14)(H,15,16);/q;+1/p-1. The molecule has 1 amide bonds. The third-order valence-corrected chi connectivity index (χ3v) is 3.57. The first-order valence-corrected chi connectivity index (χ1v) is 5.80. The van der Waals surface area contributed by atoms with E-state index in [1.165, 1.54) is 0 Å². The van der Waals surface area contributed by atoms with Crippen molar-refractivity contribution in [3.05, 3.63) is 16.0 Å². The molecule has 0 radical (unpaired) electrons. The molecule has 9 heteroatoms. The summed E-state index contributed by atoms with van der Waals surface area (Å²) in [7, 11) is 0. The quantitative estimate of drug-likeness (QED) is 0.427. The molecule has 0 aliphatic carbocycles. The topological polar surface area (TPSA) is 116 Å². The van der Waals surface area contributed by atoms with Gasteiger partial charge in [0, 0.05) is 4.88 Å². The van der Waals surface area contributed by atoms with Gasteiger partial charge < -0.3 is 25.1 Å². The van der Waals surface area contributed by atoms with Crippen molar-refractivity contribution in [2.75, 3.05) is 11.9 Å². The maximum absolute atomic E-state index is 11.2. The van der Waals surface area contributed by atoms with Gasteiger partial charge >= 0.3 is 35.5 Å². The Morgan fingerprint density at radius 1 is 1.37 bits per heavy atom. The Morgan fingerprint density at radius 2 is 2.05 bits per heavy atom. The van der Waals surface area contributed by atoms with Crippen LogP contribution in [0.25, 0.3) is 0 Å². The fraction of sp³-hybridized carbons (Fsp3) is 0.300. The fourth-order valence-corrected chi connectivity index (χ4v) is 2.87. The van der Waals surface area contributed by atoms with Gasteiger partial charge in [-0.15, -0.1) is 11.3 Å². The molecule has 1 aliphatic heterocycles. The van der Waals surface area contributed by atoms with Gasteiger partial charge in [0.25, 0.3) is 5.91 Å². The second-order valence-electron chi connectivity index (χ2n) is 3.56. The number of anilines is 1. The van der Waals surface area contributed by atoms with Crippen LogP contribution in [0.3, 0.4) is 0 Å². The van der Waals surface area contributed by atoms with E-state index in [2.05, 4.69) is 0 Å². The Labute approximate surface area is 133 Å².